The number of carboxylic acid groups (broad SMARTS) is 1. The fourth-order valence-electron chi connectivity index (χ4n) is 1.78. The zero-order valence-corrected chi connectivity index (χ0v) is 12.4. The van der Waals surface area contributed by atoms with Crippen LogP contribution in [-0.4, -0.2) is 28.1 Å². The molecule has 0 atom stereocenters. The molecular formula is C13H20N2O4S. The number of aliphatic carboxylic acids is 1. The molecule has 0 aliphatic heterocycles. The molecular weight excluding hydrogens is 280 g/mol. The van der Waals surface area contributed by atoms with Crippen LogP contribution >= 0.6 is 11.3 Å². The Labute approximate surface area is 121 Å². The molecule has 0 aromatic carbocycles. The van der Waals surface area contributed by atoms with E-state index in [1.807, 2.05) is 0 Å². The van der Waals surface area contributed by atoms with Crippen molar-refractivity contribution in [2.45, 2.75) is 45.6 Å². The molecule has 0 unspecified atom stereocenters. The van der Waals surface area contributed by atoms with Crippen molar-refractivity contribution in [3.8, 4) is 0 Å². The van der Waals surface area contributed by atoms with Crippen molar-refractivity contribution >= 4 is 23.2 Å². The molecule has 0 aliphatic carbocycles. The minimum atomic E-state index is -0.769. The molecule has 0 bridgehead atoms. The maximum Gasteiger partial charge on any atom is 0.307 e. The first-order valence-corrected chi connectivity index (χ1v) is 7.52. The third kappa shape index (κ3) is 6.01. The van der Waals surface area contributed by atoms with E-state index in [0.29, 0.717) is 13.0 Å². The standard InChI is InChI=1S/C13H20N2O4S/c1-10-9-20-13(19)15(10)8-11(16)14-7-5-3-2-4-6-12(17)18/h9H,2-8H2,1H3,(H,14,16)(H,17,18). The predicted octanol–water partition coefficient (Wildman–Crippen LogP) is 1.37. The number of amides is 1. The molecule has 2 N–H and O–H groups in total. The summed E-state index contributed by atoms with van der Waals surface area (Å²) < 4.78 is 1.45. The van der Waals surface area contributed by atoms with Crippen molar-refractivity contribution in [2.24, 2.45) is 0 Å². The topological polar surface area (TPSA) is 88.4 Å². The van der Waals surface area contributed by atoms with Crippen LogP contribution < -0.4 is 10.2 Å². The number of rotatable bonds is 9. The number of aryl methyl sites for hydroxylation is 1. The SMILES string of the molecule is Cc1csc(=O)n1CC(=O)NCCCCCCC(=O)O. The first kappa shape index (κ1) is 16.4. The molecule has 1 amide bonds. The van der Waals surface area contributed by atoms with Crippen LogP contribution in [-0.2, 0) is 16.1 Å². The molecule has 112 valence electrons. The molecule has 20 heavy (non-hydrogen) atoms. The highest BCUT2D eigenvalue weighted by molar-refractivity contribution is 7.07. The number of hydrogen-bond donors (Lipinski definition) is 2. The summed E-state index contributed by atoms with van der Waals surface area (Å²) in [6.45, 7) is 2.42. The number of thiazole rings is 1. The molecule has 0 saturated heterocycles. The zero-order chi connectivity index (χ0) is 15.0. The highest BCUT2D eigenvalue weighted by Gasteiger charge is 2.07. The molecule has 1 aromatic rings. The maximum absolute atomic E-state index is 11.6. The lowest BCUT2D eigenvalue weighted by Crippen LogP contribution is -2.31. The second-order valence-corrected chi connectivity index (χ2v) is 5.46. The number of unbranched alkanes of at least 4 members (excludes halogenated alkanes) is 3. The van der Waals surface area contributed by atoms with Crippen molar-refractivity contribution in [3.05, 3.63) is 20.7 Å². The van der Waals surface area contributed by atoms with E-state index < -0.39 is 5.97 Å². The average molecular weight is 300 g/mol. The Morgan fingerprint density at radius 2 is 2.00 bits per heavy atom. The summed E-state index contributed by atoms with van der Waals surface area (Å²) in [6.07, 6.45) is 3.44. The van der Waals surface area contributed by atoms with Crippen LogP contribution in [0, 0.1) is 6.92 Å². The van der Waals surface area contributed by atoms with Crippen molar-refractivity contribution < 1.29 is 14.7 Å². The van der Waals surface area contributed by atoms with E-state index in [0.717, 1.165) is 36.3 Å². The smallest absolute Gasteiger partial charge is 0.307 e. The molecule has 0 spiro atoms. The molecule has 0 saturated carbocycles. The Morgan fingerprint density at radius 1 is 1.30 bits per heavy atom. The van der Waals surface area contributed by atoms with Gasteiger partial charge in [0.2, 0.25) is 5.91 Å². The first-order chi connectivity index (χ1) is 9.50. The van der Waals surface area contributed by atoms with Crippen LogP contribution in [0.15, 0.2) is 10.2 Å². The van der Waals surface area contributed by atoms with E-state index >= 15 is 0 Å². The van der Waals surface area contributed by atoms with Gasteiger partial charge in [-0.3, -0.25) is 19.0 Å². The third-order valence-electron chi connectivity index (χ3n) is 2.92. The fourth-order valence-corrected chi connectivity index (χ4v) is 2.51. The number of carbonyl (C=O) groups excluding carboxylic acids is 1. The van der Waals surface area contributed by atoms with Gasteiger partial charge >= 0.3 is 10.8 Å². The van der Waals surface area contributed by atoms with E-state index in [1.54, 1.807) is 12.3 Å². The Hall–Kier alpha value is -1.63. The minimum Gasteiger partial charge on any atom is -0.481 e. The van der Waals surface area contributed by atoms with Crippen molar-refractivity contribution in [2.75, 3.05) is 6.54 Å². The van der Waals surface area contributed by atoms with E-state index in [-0.39, 0.29) is 23.7 Å². The van der Waals surface area contributed by atoms with E-state index in [2.05, 4.69) is 5.32 Å². The summed E-state index contributed by atoms with van der Waals surface area (Å²) in [5, 5.41) is 13.0. The van der Waals surface area contributed by atoms with Crippen LogP contribution in [0.2, 0.25) is 0 Å². The quantitative estimate of drug-likeness (QED) is 0.674. The number of carboxylic acids is 1. The van der Waals surface area contributed by atoms with Gasteiger partial charge in [-0.1, -0.05) is 24.2 Å². The lowest BCUT2D eigenvalue weighted by atomic mass is 10.1. The largest absolute Gasteiger partial charge is 0.481 e. The molecule has 0 radical (unpaired) electrons. The molecule has 0 fully saturated rings. The van der Waals surface area contributed by atoms with Gasteiger partial charge in [0.25, 0.3) is 0 Å². The van der Waals surface area contributed by atoms with E-state index in [9.17, 15) is 14.4 Å². The van der Waals surface area contributed by atoms with Crippen LogP contribution in [0.1, 0.15) is 37.8 Å². The summed E-state index contributed by atoms with van der Waals surface area (Å²) >= 11 is 1.09. The van der Waals surface area contributed by atoms with Crippen molar-refractivity contribution in [1.29, 1.82) is 0 Å². The molecule has 7 heteroatoms. The van der Waals surface area contributed by atoms with Crippen LogP contribution in [0.4, 0.5) is 0 Å². The Kier molecular flexibility index (Phi) is 7.00. The van der Waals surface area contributed by atoms with Gasteiger partial charge in [-0.05, 0) is 19.8 Å². The van der Waals surface area contributed by atoms with Gasteiger partial charge in [0, 0.05) is 24.0 Å². The van der Waals surface area contributed by atoms with Crippen molar-refractivity contribution in [1.82, 2.24) is 9.88 Å². The first-order valence-electron chi connectivity index (χ1n) is 6.64. The Balaban J connectivity index is 2.12. The Morgan fingerprint density at radius 3 is 2.60 bits per heavy atom. The average Bonchev–Trinajstić information content (AvgIpc) is 2.69. The van der Waals surface area contributed by atoms with Gasteiger partial charge in [0.15, 0.2) is 0 Å². The third-order valence-corrected chi connectivity index (χ3v) is 3.80. The molecule has 6 nitrogen and oxygen atoms in total. The van der Waals surface area contributed by atoms with Gasteiger partial charge in [0.1, 0.15) is 6.54 Å². The zero-order valence-electron chi connectivity index (χ0n) is 11.6. The van der Waals surface area contributed by atoms with Crippen molar-refractivity contribution in [3.63, 3.8) is 0 Å². The summed E-state index contributed by atoms with van der Waals surface area (Å²) in [6, 6.07) is 0. The second-order valence-electron chi connectivity index (χ2n) is 4.64. The summed E-state index contributed by atoms with van der Waals surface area (Å²) in [5.41, 5.74) is 0.795. The van der Waals surface area contributed by atoms with Gasteiger partial charge in [0.05, 0.1) is 0 Å². The Bertz CT molecular complexity index is 507. The lowest BCUT2D eigenvalue weighted by Gasteiger charge is -2.06. The number of nitrogens with zero attached hydrogens (tertiary/aromatic N) is 1. The number of nitrogens with one attached hydrogen (secondary N) is 1. The fraction of sp³-hybridized carbons (Fsp3) is 0.615. The van der Waals surface area contributed by atoms with Gasteiger partial charge in [-0.15, -0.1) is 0 Å². The van der Waals surface area contributed by atoms with E-state index in [1.165, 1.54) is 4.57 Å². The van der Waals surface area contributed by atoms with Crippen LogP contribution in [0.3, 0.4) is 0 Å². The molecule has 1 aromatic heterocycles. The highest BCUT2D eigenvalue weighted by atomic mass is 32.1. The molecule has 1 heterocycles. The summed E-state index contributed by atoms with van der Waals surface area (Å²) in [7, 11) is 0. The van der Waals surface area contributed by atoms with Gasteiger partial charge in [-0.25, -0.2) is 0 Å². The van der Waals surface area contributed by atoms with E-state index in [4.69, 9.17) is 5.11 Å². The summed E-state index contributed by atoms with van der Waals surface area (Å²) in [4.78, 5) is 33.3. The highest BCUT2D eigenvalue weighted by Crippen LogP contribution is 2.02. The number of carbonyl (C=O) groups is 2. The minimum absolute atomic E-state index is 0.0627. The monoisotopic (exact) mass is 300 g/mol. The normalized spacial score (nSPS) is 10.4. The van der Waals surface area contributed by atoms with Crippen LogP contribution in [0.25, 0.3) is 0 Å². The van der Waals surface area contributed by atoms with Gasteiger partial charge in [-0.2, -0.15) is 0 Å². The van der Waals surface area contributed by atoms with Gasteiger partial charge < -0.3 is 10.4 Å². The second kappa shape index (κ2) is 8.52. The van der Waals surface area contributed by atoms with Crippen LogP contribution in [0.5, 0.6) is 0 Å². The lowest BCUT2D eigenvalue weighted by molar-refractivity contribution is -0.137. The number of hydrogen-bond acceptors (Lipinski definition) is 4. The maximum atomic E-state index is 11.6. The summed E-state index contributed by atoms with van der Waals surface area (Å²) in [5.74, 6) is -0.936. The molecule has 1 rings (SSSR count). The number of aromatic nitrogens is 1. The molecule has 0 aliphatic rings. The predicted molar refractivity (Wildman–Crippen MR) is 77.0 cm³/mol.